The molecule has 3 rings (SSSR count). The van der Waals surface area contributed by atoms with Crippen LogP contribution in [0.15, 0.2) is 23.2 Å². The number of rotatable bonds is 2. The summed E-state index contributed by atoms with van der Waals surface area (Å²) in [5, 5.41) is 10.6. The fourth-order valence-corrected chi connectivity index (χ4v) is 5.38. The van der Waals surface area contributed by atoms with Crippen LogP contribution in [0.5, 0.6) is 0 Å². The first-order valence-electron chi connectivity index (χ1n) is 7.26. The molecule has 1 saturated carbocycles. The molecule has 1 aliphatic heterocycles. The monoisotopic (exact) mass is 330 g/mol. The molecule has 0 spiro atoms. The third kappa shape index (κ3) is 2.70. The molecule has 7 heteroatoms. The van der Waals surface area contributed by atoms with Gasteiger partial charge in [0.15, 0.2) is 0 Å². The van der Waals surface area contributed by atoms with E-state index in [1.54, 1.807) is 6.07 Å². The van der Waals surface area contributed by atoms with Crippen molar-refractivity contribution in [2.45, 2.75) is 42.6 Å². The number of piperidine rings is 1. The zero-order chi connectivity index (χ0) is 15.1. The van der Waals surface area contributed by atoms with Crippen molar-refractivity contribution in [1.29, 1.82) is 0 Å². The lowest BCUT2D eigenvalue weighted by molar-refractivity contribution is -0.0816. The van der Waals surface area contributed by atoms with E-state index in [-0.39, 0.29) is 16.0 Å². The first-order valence-corrected chi connectivity index (χ1v) is 9.08. The second-order valence-electron chi connectivity index (χ2n) is 5.95. The van der Waals surface area contributed by atoms with Gasteiger partial charge in [-0.1, -0.05) is 24.4 Å². The van der Waals surface area contributed by atoms with Crippen LogP contribution in [0.3, 0.4) is 0 Å². The molecule has 0 aromatic carbocycles. The van der Waals surface area contributed by atoms with E-state index >= 15 is 0 Å². The van der Waals surface area contributed by atoms with E-state index in [0.717, 1.165) is 25.7 Å². The largest absolute Gasteiger partial charge is 0.390 e. The number of fused-ring (bicyclic) bond motifs is 1. The lowest BCUT2D eigenvalue weighted by atomic mass is 9.72. The Hall–Kier alpha value is -0.690. The fraction of sp³-hybridized carbons (Fsp3) is 0.643. The van der Waals surface area contributed by atoms with E-state index < -0.39 is 15.6 Å². The summed E-state index contributed by atoms with van der Waals surface area (Å²) in [4.78, 5) is 3.89. The third-order valence-corrected chi connectivity index (χ3v) is 7.04. The number of aromatic nitrogens is 1. The molecule has 2 aliphatic rings. The van der Waals surface area contributed by atoms with Crippen molar-refractivity contribution in [2.24, 2.45) is 5.92 Å². The predicted octanol–water partition coefficient (Wildman–Crippen LogP) is 2.05. The van der Waals surface area contributed by atoms with Crippen molar-refractivity contribution in [2.75, 3.05) is 13.1 Å². The molecule has 1 saturated heterocycles. The Morgan fingerprint density at radius 2 is 2.19 bits per heavy atom. The maximum absolute atomic E-state index is 12.7. The maximum atomic E-state index is 12.7. The summed E-state index contributed by atoms with van der Waals surface area (Å²) in [6.07, 6.45) is 5.69. The Labute approximate surface area is 130 Å². The van der Waals surface area contributed by atoms with Crippen molar-refractivity contribution in [3.05, 3.63) is 23.5 Å². The molecule has 1 aliphatic carbocycles. The topological polar surface area (TPSA) is 70.5 Å². The molecule has 0 radical (unpaired) electrons. The van der Waals surface area contributed by atoms with E-state index in [2.05, 4.69) is 4.98 Å². The minimum atomic E-state index is -3.64. The van der Waals surface area contributed by atoms with Gasteiger partial charge in [0, 0.05) is 25.2 Å². The van der Waals surface area contributed by atoms with Crippen molar-refractivity contribution < 1.29 is 13.5 Å². The summed E-state index contributed by atoms with van der Waals surface area (Å²) in [6.45, 7) is 0.699. The Kier molecular flexibility index (Phi) is 3.98. The van der Waals surface area contributed by atoms with E-state index in [4.69, 9.17) is 11.6 Å². The lowest BCUT2D eigenvalue weighted by Crippen LogP contribution is -2.54. The Bertz CT molecular complexity index is 637. The van der Waals surface area contributed by atoms with Gasteiger partial charge in [-0.25, -0.2) is 13.4 Å². The van der Waals surface area contributed by atoms with Crippen LogP contribution >= 0.6 is 11.6 Å². The zero-order valence-electron chi connectivity index (χ0n) is 11.7. The molecule has 2 heterocycles. The highest BCUT2D eigenvalue weighted by Gasteiger charge is 2.45. The highest BCUT2D eigenvalue weighted by molar-refractivity contribution is 7.89. The highest BCUT2D eigenvalue weighted by atomic mass is 35.5. The van der Waals surface area contributed by atoms with Gasteiger partial charge in [0.2, 0.25) is 10.0 Å². The number of halogens is 1. The number of aliphatic hydroxyl groups is 1. The minimum Gasteiger partial charge on any atom is -0.390 e. The van der Waals surface area contributed by atoms with Gasteiger partial charge in [0.1, 0.15) is 10.0 Å². The molecule has 21 heavy (non-hydrogen) atoms. The fourth-order valence-electron chi connectivity index (χ4n) is 3.46. The number of nitrogens with zero attached hydrogens (tertiary/aromatic N) is 2. The summed E-state index contributed by atoms with van der Waals surface area (Å²) < 4.78 is 26.9. The van der Waals surface area contributed by atoms with Crippen molar-refractivity contribution in [3.63, 3.8) is 0 Å². The van der Waals surface area contributed by atoms with Crippen LogP contribution in [0, 0.1) is 5.92 Å². The van der Waals surface area contributed by atoms with Gasteiger partial charge in [0.25, 0.3) is 0 Å². The van der Waals surface area contributed by atoms with Crippen LogP contribution < -0.4 is 0 Å². The van der Waals surface area contributed by atoms with Crippen LogP contribution in [0.1, 0.15) is 32.1 Å². The molecule has 1 aromatic rings. The van der Waals surface area contributed by atoms with Gasteiger partial charge in [-0.2, -0.15) is 4.31 Å². The first kappa shape index (κ1) is 15.2. The predicted molar refractivity (Wildman–Crippen MR) is 79.5 cm³/mol. The van der Waals surface area contributed by atoms with Crippen LogP contribution in [0.25, 0.3) is 0 Å². The van der Waals surface area contributed by atoms with E-state index in [1.807, 2.05) is 0 Å². The molecular formula is C14H19ClN2O3S. The molecule has 0 amide bonds. The Morgan fingerprint density at radius 3 is 2.95 bits per heavy atom. The van der Waals surface area contributed by atoms with Gasteiger partial charge in [0.05, 0.1) is 5.60 Å². The lowest BCUT2D eigenvalue weighted by Gasteiger charge is -2.46. The highest BCUT2D eigenvalue weighted by Crippen LogP contribution is 2.41. The average Bonchev–Trinajstić information content (AvgIpc) is 2.46. The summed E-state index contributed by atoms with van der Waals surface area (Å²) >= 11 is 5.93. The average molecular weight is 331 g/mol. The van der Waals surface area contributed by atoms with Crippen molar-refractivity contribution in [3.8, 4) is 0 Å². The Morgan fingerprint density at radius 1 is 1.38 bits per heavy atom. The van der Waals surface area contributed by atoms with Crippen LogP contribution in [0.2, 0.25) is 5.15 Å². The third-order valence-electron chi connectivity index (χ3n) is 4.73. The first-order chi connectivity index (χ1) is 9.93. The normalized spacial score (nSPS) is 30.9. The molecule has 1 N–H and O–H groups in total. The van der Waals surface area contributed by atoms with Gasteiger partial charge < -0.3 is 5.11 Å². The SMILES string of the molecule is O=S(=O)(c1cccnc1Cl)N1CCC2(O)CCCCC2C1. The van der Waals surface area contributed by atoms with Gasteiger partial charge in [-0.3, -0.25) is 0 Å². The van der Waals surface area contributed by atoms with E-state index in [9.17, 15) is 13.5 Å². The molecule has 2 unspecified atom stereocenters. The molecule has 1 aromatic heterocycles. The van der Waals surface area contributed by atoms with Crippen molar-refractivity contribution in [1.82, 2.24) is 9.29 Å². The molecule has 0 bridgehead atoms. The maximum Gasteiger partial charge on any atom is 0.246 e. The second-order valence-corrected chi connectivity index (χ2v) is 8.22. The van der Waals surface area contributed by atoms with Crippen LogP contribution in [-0.2, 0) is 10.0 Å². The van der Waals surface area contributed by atoms with Gasteiger partial charge >= 0.3 is 0 Å². The second kappa shape index (κ2) is 5.50. The summed E-state index contributed by atoms with van der Waals surface area (Å²) in [6, 6.07) is 3.05. The summed E-state index contributed by atoms with van der Waals surface area (Å²) in [7, 11) is -3.64. The minimum absolute atomic E-state index is 0.00183. The van der Waals surface area contributed by atoms with E-state index in [1.165, 1.54) is 16.6 Å². The molecular weight excluding hydrogens is 312 g/mol. The molecule has 2 fully saturated rings. The zero-order valence-corrected chi connectivity index (χ0v) is 13.3. The quantitative estimate of drug-likeness (QED) is 0.842. The standard InChI is InChI=1S/C14H19ClN2O3S/c15-13-12(5-3-8-16-13)21(19,20)17-9-7-14(18)6-2-1-4-11(14)10-17/h3,5,8,11,18H,1-2,4,6-7,9-10H2. The number of hydrogen-bond donors (Lipinski definition) is 1. The smallest absolute Gasteiger partial charge is 0.246 e. The number of pyridine rings is 1. The summed E-state index contributed by atoms with van der Waals surface area (Å²) in [5.74, 6) is 0.0187. The van der Waals surface area contributed by atoms with Crippen molar-refractivity contribution >= 4 is 21.6 Å². The Balaban J connectivity index is 1.86. The van der Waals surface area contributed by atoms with Gasteiger partial charge in [-0.15, -0.1) is 0 Å². The summed E-state index contributed by atoms with van der Waals surface area (Å²) in [5.41, 5.74) is -0.691. The molecule has 116 valence electrons. The van der Waals surface area contributed by atoms with Crippen LogP contribution in [-0.4, -0.2) is 41.5 Å². The number of hydrogen-bond acceptors (Lipinski definition) is 4. The van der Waals surface area contributed by atoms with Crippen LogP contribution in [0.4, 0.5) is 0 Å². The van der Waals surface area contributed by atoms with Gasteiger partial charge in [-0.05, 0) is 31.4 Å². The van der Waals surface area contributed by atoms with E-state index in [0.29, 0.717) is 19.5 Å². The number of sulfonamides is 1. The molecule has 2 atom stereocenters. The molecule has 5 nitrogen and oxygen atoms in total.